The SMILES string of the molecule is CCOc1c(C)c(C/C=C(\C)C(C/C=C(\C)CC/C=C(\C)CC/C=C(\C)CC/C=C(\C)CC/C=C(\C)CCC=C(C)C)S(=O)(=O)c2ccccc2)c(OCC)c2ccccc12.CCOc1c(C)c(C/C=C(\C)CC/C=C(\C)CC/C=C(\C)CC/C=C(\C)CC/C=C(\C)CC/C=C(\C)CCC=C(C)C)c(OCC)c2ccccc12.CI.[B].[I][V]([I])[I]. The van der Waals surface area contributed by atoms with Gasteiger partial charge in [-0.1, -0.05) is 252 Å². The van der Waals surface area contributed by atoms with Crippen LogP contribution in [0.4, 0.5) is 0 Å². The number of alkyl halides is 1. The minimum atomic E-state index is -3.65. The number of allylic oxidation sites excluding steroid dienone is 27. The third kappa shape index (κ3) is 47.3. The van der Waals surface area contributed by atoms with Crippen molar-refractivity contribution in [3.8, 4) is 23.0 Å². The fourth-order valence-corrected chi connectivity index (χ4v) is 16.2. The van der Waals surface area contributed by atoms with E-state index in [1.54, 1.807) is 24.3 Å². The van der Waals surface area contributed by atoms with Gasteiger partial charge in [-0.05, 0) is 341 Å². The second-order valence-electron chi connectivity index (χ2n) is 32.5. The van der Waals surface area contributed by atoms with Gasteiger partial charge < -0.3 is 18.9 Å². The summed E-state index contributed by atoms with van der Waals surface area (Å²) in [6.45, 7) is 50.3. The first-order valence-corrected chi connectivity index (χ1v) is 61.3. The van der Waals surface area contributed by atoms with Crippen LogP contribution in [0.25, 0.3) is 21.5 Å². The first kappa shape index (κ1) is 114. The molecule has 0 aromatic heterocycles. The summed E-state index contributed by atoms with van der Waals surface area (Å²) in [7, 11) is -3.65. The summed E-state index contributed by atoms with van der Waals surface area (Å²) in [5, 5.41) is 3.61. The average Bonchev–Trinajstić information content (AvgIpc) is 0.761. The van der Waals surface area contributed by atoms with Crippen LogP contribution in [-0.2, 0) is 27.6 Å². The topological polar surface area (TPSA) is 71.1 Å². The Bertz CT molecular complexity index is 4410. The van der Waals surface area contributed by atoms with Crippen molar-refractivity contribution >= 4 is 122 Å². The van der Waals surface area contributed by atoms with Crippen molar-refractivity contribution in [1.82, 2.24) is 0 Å². The molecule has 120 heavy (non-hydrogen) atoms. The Balaban J connectivity index is 0.00000113. The molecule has 5 aromatic rings. The molecule has 5 rings (SSSR count). The van der Waals surface area contributed by atoms with Gasteiger partial charge in [0.2, 0.25) is 0 Å². The van der Waals surface area contributed by atoms with Gasteiger partial charge in [0.05, 0.1) is 36.6 Å². The molecule has 3 radical (unpaired) electrons. The molecule has 0 bridgehead atoms. The standard InChI is InChI=1S/C56H78O4S.C50H74O2.CH3I.B.3HI.V/c1-12-59-55-49(11)51(56(60-13-2)53-37-18-17-36-52(53)55)40-39-48(10)54(61(57,58)50-34-15-14-16-35-50)41-38-47(9)33-23-32-46(8)31-22-30-45(7)29-21-28-44(6)27-20-26-43(5)25-19-24-42(3)4;1-12-51-49-45(11)46(50(52-13-2)48-35-15-14-34-47(48)49)37-36-44(10)33-21-32-43(9)31-20-30-42(8)29-19-28-41(7)27-18-26-40(6)25-17-24-39(5)23-16-22-38(3)4;1-2;;;;;/h14-18,24,26,28,30,32,34-39,54H,12-13,19-23,25,27,29,31,33,40-41H2,1-11H3;14-15,22,24,26,28,30,32,34-36H,12-13,16-21,23,25,27,29,31,33,37H2,1-11H3;1H3;;3*1H;/q;;;;;;;+3/p-3/b43-26+,44-28+,45-30+,46-32+,47-38+,48-39+;39-24+,40-26+,41-28+,42-30+,43-32+,44-36+;;;;;;. The summed E-state index contributed by atoms with van der Waals surface area (Å²) in [5.74, 6) is 3.68. The van der Waals surface area contributed by atoms with Crippen LogP contribution in [0.1, 0.15) is 308 Å². The number of rotatable bonds is 50. The monoisotopic (exact) mass is 2140 g/mol. The van der Waals surface area contributed by atoms with E-state index >= 15 is 0 Å². The van der Waals surface area contributed by atoms with Crippen molar-refractivity contribution in [3.63, 3.8) is 0 Å². The summed E-state index contributed by atoms with van der Waals surface area (Å²) in [6.07, 6.45) is 59.4. The number of ether oxygens (including phenoxy) is 4. The molecular formula is C107H155BI4O6SV. The number of halogens is 4. The molecule has 0 heterocycles. The number of benzene rings is 5. The fraction of sp³-hybridized carbons (Fsp3) is 0.495. The molecule has 13 heteroatoms. The Kier molecular flexibility index (Phi) is 63.5. The minimum absolute atomic E-state index is 0. The van der Waals surface area contributed by atoms with Gasteiger partial charge in [0.15, 0.2) is 9.84 Å². The van der Waals surface area contributed by atoms with Crippen molar-refractivity contribution in [2.75, 3.05) is 31.4 Å². The van der Waals surface area contributed by atoms with Crippen LogP contribution >= 0.6 is 82.5 Å². The van der Waals surface area contributed by atoms with Gasteiger partial charge in [0, 0.05) is 41.1 Å². The molecule has 0 N–H and O–H groups in total. The Morgan fingerprint density at radius 2 is 0.542 bits per heavy atom. The zero-order valence-electron chi connectivity index (χ0n) is 78.6. The molecule has 5 aromatic carbocycles. The second-order valence-corrected chi connectivity index (χ2v) is 70.0. The molecule has 1 unspecified atom stereocenters. The van der Waals surface area contributed by atoms with E-state index in [9.17, 15) is 8.42 Å². The molecule has 0 saturated carbocycles. The predicted molar refractivity (Wildman–Crippen MR) is 565 cm³/mol. The Morgan fingerprint density at radius 3 is 0.800 bits per heavy atom. The van der Waals surface area contributed by atoms with Crippen LogP contribution in [-0.4, -0.2) is 53.4 Å². The molecule has 6 nitrogen and oxygen atoms in total. The van der Waals surface area contributed by atoms with Crippen LogP contribution in [0.3, 0.4) is 0 Å². The molecule has 0 spiro atoms. The number of hydrogen-bond acceptors (Lipinski definition) is 6. The van der Waals surface area contributed by atoms with Crippen LogP contribution in [0.15, 0.2) is 247 Å². The van der Waals surface area contributed by atoms with E-state index in [1.165, 1.54) is 109 Å². The quantitative estimate of drug-likeness (QED) is 0.0167. The van der Waals surface area contributed by atoms with E-state index in [0.717, 1.165) is 183 Å². The Hall–Kier alpha value is -4.30. The van der Waals surface area contributed by atoms with Crippen molar-refractivity contribution in [2.45, 2.75) is 323 Å². The summed E-state index contributed by atoms with van der Waals surface area (Å²) in [4.78, 5) is 2.04. The molecule has 661 valence electrons. The third-order valence-corrected chi connectivity index (χ3v) is 23.7. The van der Waals surface area contributed by atoms with E-state index in [-0.39, 0.29) is 13.3 Å². The van der Waals surface area contributed by atoms with E-state index < -0.39 is 15.1 Å². The van der Waals surface area contributed by atoms with E-state index in [2.05, 4.69) is 336 Å². The molecule has 0 aliphatic rings. The number of fused-ring (bicyclic) bond motifs is 2. The van der Waals surface area contributed by atoms with Crippen LogP contribution in [0.2, 0.25) is 0 Å². The van der Waals surface area contributed by atoms with E-state index in [1.807, 2.05) is 43.9 Å². The van der Waals surface area contributed by atoms with Gasteiger partial charge >= 0.3 is 64.9 Å². The van der Waals surface area contributed by atoms with Crippen LogP contribution in [0, 0.1) is 13.8 Å². The normalized spacial score (nSPS) is 13.4. The zero-order valence-corrected chi connectivity index (χ0v) is 89.4. The van der Waals surface area contributed by atoms with E-state index in [0.29, 0.717) is 44.2 Å². The van der Waals surface area contributed by atoms with Gasteiger partial charge in [-0.2, -0.15) is 0 Å². The van der Waals surface area contributed by atoms with Gasteiger partial charge in [0.25, 0.3) is 0 Å². The van der Waals surface area contributed by atoms with Crippen LogP contribution in [0.5, 0.6) is 23.0 Å². The molecule has 0 saturated heterocycles. The number of sulfone groups is 1. The predicted octanol–water partition coefficient (Wildman–Crippen LogP) is 35.4. The molecule has 0 fully saturated rings. The van der Waals surface area contributed by atoms with Crippen molar-refractivity contribution in [1.29, 1.82) is 0 Å². The fourth-order valence-electron chi connectivity index (χ4n) is 14.4. The first-order chi connectivity index (χ1) is 56.9. The van der Waals surface area contributed by atoms with Crippen molar-refractivity contribution in [2.24, 2.45) is 0 Å². The van der Waals surface area contributed by atoms with Crippen LogP contribution < -0.4 is 18.9 Å². The maximum atomic E-state index is 14.3. The summed E-state index contributed by atoms with van der Waals surface area (Å²) in [6, 6.07) is 25.5. The molecule has 0 amide bonds. The molecular weight excluding hydrogens is 1980 g/mol. The van der Waals surface area contributed by atoms with Gasteiger partial charge in [0.1, 0.15) is 23.0 Å². The maximum absolute atomic E-state index is 14.3. The number of hydrogen-bond donors (Lipinski definition) is 0. The zero-order chi connectivity index (χ0) is 88.7. The third-order valence-electron chi connectivity index (χ3n) is 21.5. The Labute approximate surface area is 787 Å². The summed E-state index contributed by atoms with van der Waals surface area (Å²) in [5.41, 5.74) is 24.2. The summed E-state index contributed by atoms with van der Waals surface area (Å²) >= 11 is 9.54. The molecule has 0 aliphatic carbocycles. The second kappa shape index (κ2) is 67.1. The van der Waals surface area contributed by atoms with Gasteiger partial charge in [-0.25, -0.2) is 8.42 Å². The molecule has 1 atom stereocenters. The van der Waals surface area contributed by atoms with Gasteiger partial charge in [-0.15, -0.1) is 0 Å². The Morgan fingerprint density at radius 1 is 0.325 bits per heavy atom. The van der Waals surface area contributed by atoms with E-state index in [4.69, 9.17) is 18.9 Å². The van der Waals surface area contributed by atoms with Gasteiger partial charge in [-0.3, -0.25) is 0 Å². The first-order valence-electron chi connectivity index (χ1n) is 44.1. The van der Waals surface area contributed by atoms with Crippen molar-refractivity contribution in [3.05, 3.63) is 264 Å². The molecule has 0 aliphatic heterocycles. The summed E-state index contributed by atoms with van der Waals surface area (Å²) < 4.78 is 53.4. The van der Waals surface area contributed by atoms with Crippen molar-refractivity contribution < 1.29 is 32.3 Å². The average molecular weight is 2140 g/mol.